The molecule has 0 saturated heterocycles. The first-order valence-corrected chi connectivity index (χ1v) is 9.80. The van der Waals surface area contributed by atoms with Crippen LogP contribution in [0.2, 0.25) is 0 Å². The molecule has 0 bridgehead atoms. The van der Waals surface area contributed by atoms with Crippen LogP contribution in [-0.4, -0.2) is 17.5 Å². The quantitative estimate of drug-likeness (QED) is 0.554. The molecule has 0 unspecified atom stereocenters. The maximum Gasteiger partial charge on any atom is 0.275 e. The van der Waals surface area contributed by atoms with E-state index in [9.17, 15) is 4.79 Å². The number of ether oxygens (including phenoxy) is 1. The van der Waals surface area contributed by atoms with Crippen LogP contribution < -0.4 is 15.4 Å². The molecule has 27 heavy (non-hydrogen) atoms. The Balaban J connectivity index is 1.61. The number of carbonyl (C=O) groups is 1. The molecule has 0 radical (unpaired) electrons. The normalized spacial score (nSPS) is 10.7. The SMILES string of the molecule is CCOc1ccc(Nc2nc(C(=O)Nc3ccc(C(C)C)cc3)cs2)cc1. The van der Waals surface area contributed by atoms with Crippen molar-refractivity contribution in [1.29, 1.82) is 0 Å². The molecule has 1 amide bonds. The summed E-state index contributed by atoms with van der Waals surface area (Å²) in [6, 6.07) is 15.5. The highest BCUT2D eigenvalue weighted by Gasteiger charge is 2.11. The molecular formula is C21H23N3O2S. The van der Waals surface area contributed by atoms with Crippen LogP contribution in [0.25, 0.3) is 0 Å². The van der Waals surface area contributed by atoms with Crippen molar-refractivity contribution in [1.82, 2.24) is 4.98 Å². The van der Waals surface area contributed by atoms with Crippen molar-refractivity contribution in [2.45, 2.75) is 26.7 Å². The summed E-state index contributed by atoms with van der Waals surface area (Å²) in [5.74, 6) is 1.07. The van der Waals surface area contributed by atoms with Crippen molar-refractivity contribution in [2.75, 3.05) is 17.2 Å². The molecule has 3 aromatic rings. The fraction of sp³-hybridized carbons (Fsp3) is 0.238. The smallest absolute Gasteiger partial charge is 0.275 e. The maximum atomic E-state index is 12.4. The predicted molar refractivity (Wildman–Crippen MR) is 111 cm³/mol. The molecule has 140 valence electrons. The van der Waals surface area contributed by atoms with Gasteiger partial charge in [-0.05, 0) is 54.8 Å². The van der Waals surface area contributed by atoms with Crippen LogP contribution in [0.1, 0.15) is 42.7 Å². The zero-order valence-electron chi connectivity index (χ0n) is 15.7. The van der Waals surface area contributed by atoms with Gasteiger partial charge in [-0.15, -0.1) is 11.3 Å². The molecule has 3 rings (SSSR count). The van der Waals surface area contributed by atoms with E-state index in [0.29, 0.717) is 23.4 Å². The lowest BCUT2D eigenvalue weighted by Gasteiger charge is -2.07. The highest BCUT2D eigenvalue weighted by Crippen LogP contribution is 2.24. The summed E-state index contributed by atoms with van der Waals surface area (Å²) in [5, 5.41) is 8.50. The number of nitrogens with zero attached hydrogens (tertiary/aromatic N) is 1. The molecular weight excluding hydrogens is 358 g/mol. The monoisotopic (exact) mass is 381 g/mol. The summed E-state index contributed by atoms with van der Waals surface area (Å²) < 4.78 is 5.43. The van der Waals surface area contributed by atoms with Crippen LogP contribution in [0.15, 0.2) is 53.9 Å². The minimum atomic E-state index is -0.219. The first kappa shape index (κ1) is 18.9. The van der Waals surface area contributed by atoms with Crippen LogP contribution in [0.5, 0.6) is 5.75 Å². The van der Waals surface area contributed by atoms with Crippen LogP contribution in [-0.2, 0) is 0 Å². The van der Waals surface area contributed by atoms with Gasteiger partial charge >= 0.3 is 0 Å². The Bertz CT molecular complexity index is 887. The van der Waals surface area contributed by atoms with Crippen molar-refractivity contribution in [2.24, 2.45) is 0 Å². The zero-order valence-corrected chi connectivity index (χ0v) is 16.5. The first-order chi connectivity index (χ1) is 13.0. The topological polar surface area (TPSA) is 63.2 Å². The summed E-state index contributed by atoms with van der Waals surface area (Å²) in [7, 11) is 0. The van der Waals surface area contributed by atoms with E-state index < -0.39 is 0 Å². The number of aromatic nitrogens is 1. The molecule has 1 aromatic heterocycles. The molecule has 2 N–H and O–H groups in total. The number of hydrogen-bond acceptors (Lipinski definition) is 5. The predicted octanol–water partition coefficient (Wildman–Crippen LogP) is 5.66. The van der Waals surface area contributed by atoms with E-state index in [0.717, 1.165) is 17.1 Å². The molecule has 0 atom stereocenters. The summed E-state index contributed by atoms with van der Waals surface area (Å²) in [4.78, 5) is 16.8. The number of thiazole rings is 1. The molecule has 0 saturated carbocycles. The van der Waals surface area contributed by atoms with Gasteiger partial charge < -0.3 is 15.4 Å². The average molecular weight is 382 g/mol. The number of nitrogens with one attached hydrogen (secondary N) is 2. The van der Waals surface area contributed by atoms with Crippen LogP contribution in [0.3, 0.4) is 0 Å². The van der Waals surface area contributed by atoms with Gasteiger partial charge in [0.05, 0.1) is 6.61 Å². The highest BCUT2D eigenvalue weighted by molar-refractivity contribution is 7.14. The second-order valence-electron chi connectivity index (χ2n) is 6.35. The molecule has 0 spiro atoms. The maximum absolute atomic E-state index is 12.4. The Kier molecular flexibility index (Phi) is 6.08. The van der Waals surface area contributed by atoms with Gasteiger partial charge in [0.15, 0.2) is 5.13 Å². The van der Waals surface area contributed by atoms with Gasteiger partial charge in [-0.1, -0.05) is 26.0 Å². The van der Waals surface area contributed by atoms with Gasteiger partial charge in [0.25, 0.3) is 5.91 Å². The molecule has 0 aliphatic heterocycles. The average Bonchev–Trinajstić information content (AvgIpc) is 3.13. The summed E-state index contributed by atoms with van der Waals surface area (Å²) in [6.07, 6.45) is 0. The van der Waals surface area contributed by atoms with E-state index in [1.165, 1.54) is 16.9 Å². The fourth-order valence-electron chi connectivity index (χ4n) is 2.51. The molecule has 6 heteroatoms. The van der Waals surface area contributed by atoms with Crippen molar-refractivity contribution in [3.8, 4) is 5.75 Å². The Morgan fingerprint density at radius 3 is 2.37 bits per heavy atom. The summed E-state index contributed by atoms with van der Waals surface area (Å²) in [6.45, 7) is 6.87. The first-order valence-electron chi connectivity index (χ1n) is 8.92. The van der Waals surface area contributed by atoms with Gasteiger partial charge in [-0.3, -0.25) is 4.79 Å². The van der Waals surface area contributed by atoms with E-state index in [1.807, 2.05) is 55.5 Å². The zero-order chi connectivity index (χ0) is 19.2. The molecule has 2 aromatic carbocycles. The number of benzene rings is 2. The van der Waals surface area contributed by atoms with Crippen LogP contribution in [0, 0.1) is 0 Å². The fourth-order valence-corrected chi connectivity index (χ4v) is 3.22. The minimum Gasteiger partial charge on any atom is -0.494 e. The van der Waals surface area contributed by atoms with E-state index in [-0.39, 0.29) is 5.91 Å². The minimum absolute atomic E-state index is 0.219. The third kappa shape index (κ3) is 5.08. The highest BCUT2D eigenvalue weighted by atomic mass is 32.1. The molecule has 0 aliphatic carbocycles. The van der Waals surface area contributed by atoms with Crippen molar-refractivity contribution in [3.63, 3.8) is 0 Å². The van der Waals surface area contributed by atoms with E-state index in [1.54, 1.807) is 5.38 Å². The third-order valence-electron chi connectivity index (χ3n) is 3.99. The van der Waals surface area contributed by atoms with E-state index >= 15 is 0 Å². The van der Waals surface area contributed by atoms with E-state index in [2.05, 4.69) is 29.5 Å². The largest absolute Gasteiger partial charge is 0.494 e. The number of carbonyl (C=O) groups excluding carboxylic acids is 1. The molecule has 0 aliphatic rings. The third-order valence-corrected chi connectivity index (χ3v) is 4.75. The number of amides is 1. The Morgan fingerprint density at radius 1 is 1.07 bits per heavy atom. The van der Waals surface area contributed by atoms with Crippen LogP contribution in [0.4, 0.5) is 16.5 Å². The lowest BCUT2D eigenvalue weighted by atomic mass is 10.0. The standard InChI is InChI=1S/C21H23N3O2S/c1-4-26-18-11-9-17(10-12-18)23-21-24-19(13-27-21)20(25)22-16-7-5-15(6-8-16)14(2)3/h5-14H,4H2,1-3H3,(H,22,25)(H,23,24). The van der Waals surface area contributed by atoms with Crippen LogP contribution >= 0.6 is 11.3 Å². The van der Waals surface area contributed by atoms with Gasteiger partial charge in [-0.2, -0.15) is 0 Å². The van der Waals surface area contributed by atoms with Gasteiger partial charge in [0, 0.05) is 16.8 Å². The Hall–Kier alpha value is -2.86. The second kappa shape index (κ2) is 8.68. The van der Waals surface area contributed by atoms with Crippen molar-refractivity contribution >= 4 is 33.8 Å². The second-order valence-corrected chi connectivity index (χ2v) is 7.21. The van der Waals surface area contributed by atoms with Gasteiger partial charge in [0.2, 0.25) is 0 Å². The molecule has 1 heterocycles. The number of anilines is 3. The van der Waals surface area contributed by atoms with Crippen molar-refractivity contribution < 1.29 is 9.53 Å². The Morgan fingerprint density at radius 2 is 1.74 bits per heavy atom. The summed E-state index contributed by atoms with van der Waals surface area (Å²) in [5.41, 5.74) is 3.28. The van der Waals surface area contributed by atoms with Crippen molar-refractivity contribution in [3.05, 3.63) is 65.2 Å². The summed E-state index contributed by atoms with van der Waals surface area (Å²) >= 11 is 1.39. The molecule has 0 fully saturated rings. The molecule has 5 nitrogen and oxygen atoms in total. The lowest BCUT2D eigenvalue weighted by Crippen LogP contribution is -2.12. The number of rotatable bonds is 7. The lowest BCUT2D eigenvalue weighted by molar-refractivity contribution is 0.102. The number of hydrogen-bond donors (Lipinski definition) is 2. The van der Waals surface area contributed by atoms with E-state index in [4.69, 9.17) is 4.74 Å². The Labute approximate surface area is 163 Å². The van der Waals surface area contributed by atoms with Gasteiger partial charge in [0.1, 0.15) is 11.4 Å². The van der Waals surface area contributed by atoms with Gasteiger partial charge in [-0.25, -0.2) is 4.98 Å².